The van der Waals surface area contributed by atoms with E-state index in [-0.39, 0.29) is 12.3 Å². The highest BCUT2D eigenvalue weighted by molar-refractivity contribution is 5.84. The Morgan fingerprint density at radius 3 is 2.75 bits per heavy atom. The van der Waals surface area contributed by atoms with Crippen molar-refractivity contribution in [1.82, 2.24) is 9.78 Å². The van der Waals surface area contributed by atoms with Gasteiger partial charge in [0.2, 0.25) is 0 Å². The van der Waals surface area contributed by atoms with E-state index in [0.717, 1.165) is 61.8 Å². The highest BCUT2D eigenvalue weighted by Crippen LogP contribution is 2.33. The molecule has 2 aliphatic rings. The fourth-order valence-electron chi connectivity index (χ4n) is 3.90. The first kappa shape index (κ1) is 15.9. The third-order valence-corrected chi connectivity index (χ3v) is 5.44. The van der Waals surface area contributed by atoms with Crippen LogP contribution in [-0.4, -0.2) is 28.5 Å². The van der Waals surface area contributed by atoms with E-state index in [9.17, 15) is 0 Å². The number of aromatic nitrogens is 2. The second-order valence-electron chi connectivity index (χ2n) is 7.19. The Balaban J connectivity index is 1.57. The van der Waals surface area contributed by atoms with Crippen molar-refractivity contribution in [2.75, 3.05) is 6.61 Å². The minimum atomic E-state index is 0.0715. The van der Waals surface area contributed by atoms with E-state index in [2.05, 4.69) is 24.2 Å². The predicted molar refractivity (Wildman–Crippen MR) is 94.2 cm³/mol. The van der Waals surface area contributed by atoms with Crippen LogP contribution in [0.4, 0.5) is 0 Å². The monoisotopic (exact) mass is 329 g/mol. The first-order chi connectivity index (χ1) is 11.7. The molecule has 0 spiro atoms. The van der Waals surface area contributed by atoms with Crippen LogP contribution in [0.3, 0.4) is 0 Å². The van der Waals surface area contributed by atoms with Crippen molar-refractivity contribution >= 4 is 10.9 Å². The lowest BCUT2D eigenvalue weighted by Crippen LogP contribution is -2.31. The van der Waals surface area contributed by atoms with Crippen molar-refractivity contribution in [1.29, 1.82) is 0 Å². The molecule has 0 bridgehead atoms. The van der Waals surface area contributed by atoms with Crippen LogP contribution in [0.25, 0.3) is 10.9 Å². The Morgan fingerprint density at radius 1 is 1.17 bits per heavy atom. The first-order valence-corrected chi connectivity index (χ1v) is 9.23. The molecule has 5 heteroatoms. The van der Waals surface area contributed by atoms with Crippen LogP contribution in [0.2, 0.25) is 0 Å². The van der Waals surface area contributed by atoms with Gasteiger partial charge in [0.1, 0.15) is 5.75 Å². The van der Waals surface area contributed by atoms with Crippen LogP contribution in [0.5, 0.6) is 5.75 Å². The second kappa shape index (κ2) is 6.73. The zero-order chi connectivity index (χ0) is 16.5. The van der Waals surface area contributed by atoms with Crippen molar-refractivity contribution in [2.24, 2.45) is 5.73 Å². The number of ether oxygens (including phenoxy) is 2. The van der Waals surface area contributed by atoms with Gasteiger partial charge >= 0.3 is 0 Å². The summed E-state index contributed by atoms with van der Waals surface area (Å²) in [4.78, 5) is 0. The number of hydrogen-bond acceptors (Lipinski definition) is 4. The van der Waals surface area contributed by atoms with Gasteiger partial charge in [-0.25, -0.2) is 4.68 Å². The summed E-state index contributed by atoms with van der Waals surface area (Å²) in [5, 5.41) is 5.76. The minimum Gasteiger partial charge on any atom is -0.490 e. The lowest BCUT2D eigenvalue weighted by atomic mass is 9.93. The largest absolute Gasteiger partial charge is 0.490 e. The van der Waals surface area contributed by atoms with Gasteiger partial charge in [-0.2, -0.15) is 5.10 Å². The van der Waals surface area contributed by atoms with Crippen LogP contribution in [-0.2, 0) is 4.74 Å². The van der Waals surface area contributed by atoms with Gasteiger partial charge in [0.25, 0.3) is 0 Å². The molecule has 2 aromatic rings. The molecule has 2 N–H and O–H groups in total. The maximum atomic E-state index is 6.27. The minimum absolute atomic E-state index is 0.0715. The number of aryl methyl sites for hydroxylation is 1. The summed E-state index contributed by atoms with van der Waals surface area (Å²) in [6, 6.07) is 4.56. The van der Waals surface area contributed by atoms with E-state index < -0.39 is 0 Å². The number of nitrogens with two attached hydrogens (primary N) is 1. The molecule has 1 aliphatic heterocycles. The second-order valence-corrected chi connectivity index (χ2v) is 7.19. The first-order valence-electron chi connectivity index (χ1n) is 9.23. The summed E-state index contributed by atoms with van der Waals surface area (Å²) in [6.45, 7) is 2.95. The van der Waals surface area contributed by atoms with E-state index >= 15 is 0 Å². The molecule has 5 nitrogen and oxygen atoms in total. The van der Waals surface area contributed by atoms with Crippen molar-refractivity contribution in [2.45, 2.75) is 70.2 Å². The maximum Gasteiger partial charge on any atom is 0.150 e. The number of rotatable bonds is 3. The Labute approximate surface area is 143 Å². The van der Waals surface area contributed by atoms with Crippen LogP contribution in [0.1, 0.15) is 56.7 Å². The van der Waals surface area contributed by atoms with Crippen LogP contribution in [0, 0.1) is 6.92 Å². The van der Waals surface area contributed by atoms with E-state index in [0.29, 0.717) is 6.04 Å². The van der Waals surface area contributed by atoms with Gasteiger partial charge in [-0.15, -0.1) is 0 Å². The van der Waals surface area contributed by atoms with E-state index in [1.165, 1.54) is 12.0 Å². The van der Waals surface area contributed by atoms with Gasteiger partial charge in [0.05, 0.1) is 17.8 Å². The van der Waals surface area contributed by atoms with Crippen molar-refractivity contribution in [3.05, 3.63) is 23.9 Å². The van der Waals surface area contributed by atoms with E-state index in [1.807, 2.05) is 10.9 Å². The van der Waals surface area contributed by atoms with E-state index in [4.69, 9.17) is 15.2 Å². The molecule has 0 radical (unpaired) electrons. The number of benzene rings is 1. The molecule has 1 saturated carbocycles. The topological polar surface area (TPSA) is 62.3 Å². The van der Waals surface area contributed by atoms with Gasteiger partial charge in [-0.3, -0.25) is 0 Å². The Bertz CT molecular complexity index is 698. The standard InChI is InChI=1S/C19H27N3O2/c1-13-16-12-21-22(19-4-2-3-11-23-19)17(16)9-10-18(13)24-15-7-5-14(20)6-8-15/h9-10,12,14-15,19H,2-8,11,20H2,1H3/t14-,15+,19?. The van der Waals surface area contributed by atoms with Crippen molar-refractivity contribution in [3.63, 3.8) is 0 Å². The normalized spacial score (nSPS) is 28.2. The molecule has 0 amide bonds. The summed E-state index contributed by atoms with van der Waals surface area (Å²) >= 11 is 0. The molecule has 1 saturated heterocycles. The molecule has 1 aromatic carbocycles. The summed E-state index contributed by atoms with van der Waals surface area (Å²) in [7, 11) is 0. The summed E-state index contributed by atoms with van der Waals surface area (Å²) in [6.07, 6.45) is 9.92. The molecule has 24 heavy (non-hydrogen) atoms. The molecule has 1 aromatic heterocycles. The molecular weight excluding hydrogens is 302 g/mol. The van der Waals surface area contributed by atoms with Gasteiger partial charge in [0.15, 0.2) is 6.23 Å². The van der Waals surface area contributed by atoms with Crippen LogP contribution in [0.15, 0.2) is 18.3 Å². The molecule has 2 heterocycles. The third kappa shape index (κ3) is 3.03. The number of hydrogen-bond donors (Lipinski definition) is 1. The van der Waals surface area contributed by atoms with Gasteiger partial charge < -0.3 is 15.2 Å². The molecule has 4 rings (SSSR count). The van der Waals surface area contributed by atoms with Crippen molar-refractivity contribution < 1.29 is 9.47 Å². The number of nitrogens with zero attached hydrogens (tertiary/aromatic N) is 2. The van der Waals surface area contributed by atoms with Crippen LogP contribution >= 0.6 is 0 Å². The molecule has 1 unspecified atom stereocenters. The molecule has 1 atom stereocenters. The summed E-state index contributed by atoms with van der Waals surface area (Å²) < 4.78 is 14.2. The average molecular weight is 329 g/mol. The highest BCUT2D eigenvalue weighted by Gasteiger charge is 2.22. The zero-order valence-electron chi connectivity index (χ0n) is 14.4. The van der Waals surface area contributed by atoms with Gasteiger partial charge in [-0.05, 0) is 64.0 Å². The molecular formula is C19H27N3O2. The predicted octanol–water partition coefficient (Wildman–Crippen LogP) is 3.69. The van der Waals surface area contributed by atoms with Crippen LogP contribution < -0.4 is 10.5 Å². The fraction of sp³-hybridized carbons (Fsp3) is 0.632. The molecule has 130 valence electrons. The Hall–Kier alpha value is -1.59. The molecule has 2 fully saturated rings. The lowest BCUT2D eigenvalue weighted by Gasteiger charge is -2.27. The quantitative estimate of drug-likeness (QED) is 0.933. The Morgan fingerprint density at radius 2 is 2.00 bits per heavy atom. The fourth-order valence-corrected chi connectivity index (χ4v) is 3.90. The highest BCUT2D eigenvalue weighted by atomic mass is 16.5. The third-order valence-electron chi connectivity index (χ3n) is 5.44. The van der Waals surface area contributed by atoms with Gasteiger partial charge in [-0.1, -0.05) is 0 Å². The van der Waals surface area contributed by atoms with E-state index in [1.54, 1.807) is 0 Å². The SMILES string of the molecule is Cc1c(O[C@H]2CC[C@@H](N)CC2)ccc2c1cnn2C1CCCCO1. The molecule has 1 aliphatic carbocycles. The average Bonchev–Trinajstić information content (AvgIpc) is 3.05. The smallest absolute Gasteiger partial charge is 0.150 e. The summed E-state index contributed by atoms with van der Waals surface area (Å²) in [5.74, 6) is 0.979. The lowest BCUT2D eigenvalue weighted by molar-refractivity contribution is -0.0366. The zero-order valence-corrected chi connectivity index (χ0v) is 14.4. The number of fused-ring (bicyclic) bond motifs is 1. The van der Waals surface area contributed by atoms with Crippen molar-refractivity contribution in [3.8, 4) is 5.75 Å². The maximum absolute atomic E-state index is 6.27. The van der Waals surface area contributed by atoms with Gasteiger partial charge in [0, 0.05) is 23.6 Å². The summed E-state index contributed by atoms with van der Waals surface area (Å²) in [5.41, 5.74) is 8.30. The Kier molecular flexibility index (Phi) is 4.46.